The van der Waals surface area contributed by atoms with Gasteiger partial charge in [0.2, 0.25) is 0 Å². The molecule has 0 radical (unpaired) electrons. The molecule has 0 fully saturated rings. The fraction of sp³-hybridized carbons (Fsp3) is 0.375. The predicted molar refractivity (Wildman–Crippen MR) is 44.7 cm³/mol. The largest absolute Gasteiger partial charge is 0.465 e. The molecule has 0 aromatic rings. The Hall–Kier alpha value is -0.800. The van der Waals surface area contributed by atoms with Gasteiger partial charge in [-0.1, -0.05) is 17.7 Å². The minimum absolute atomic E-state index is 0.280. The number of carbonyl (C=O) groups excluding carboxylic acids is 1. The normalized spacial score (nSPS) is 22.8. The van der Waals surface area contributed by atoms with E-state index in [0.717, 1.165) is 0 Å². The minimum atomic E-state index is -0.592. The predicted octanol–water partition coefficient (Wildman–Crippen LogP) is 0.973. The average Bonchev–Trinajstić information content (AvgIpc) is 2.03. The van der Waals surface area contributed by atoms with Crippen molar-refractivity contribution in [2.75, 3.05) is 7.11 Å². The van der Waals surface area contributed by atoms with Gasteiger partial charge in [-0.3, -0.25) is 0 Å². The van der Waals surface area contributed by atoms with Crippen LogP contribution in [0.5, 0.6) is 0 Å². The van der Waals surface area contributed by atoms with Crippen LogP contribution in [0, 0.1) is 0 Å². The molecule has 1 atom stereocenters. The number of esters is 1. The van der Waals surface area contributed by atoms with Gasteiger partial charge in [-0.2, -0.15) is 0 Å². The number of rotatable bonds is 1. The first-order valence-corrected chi connectivity index (χ1v) is 3.86. The number of methoxy groups -OCH3 is 1. The van der Waals surface area contributed by atoms with Crippen molar-refractivity contribution in [2.24, 2.45) is 0 Å². The summed E-state index contributed by atoms with van der Waals surface area (Å²) in [5.74, 6) is -0.469. The Morgan fingerprint density at radius 1 is 1.83 bits per heavy atom. The number of aliphatic hydroxyl groups is 1. The molecular formula is C8H9ClO3. The van der Waals surface area contributed by atoms with Crippen LogP contribution in [0.2, 0.25) is 0 Å². The Labute approximate surface area is 75.3 Å². The van der Waals surface area contributed by atoms with Gasteiger partial charge >= 0.3 is 5.97 Å². The van der Waals surface area contributed by atoms with Crippen LogP contribution in [0.15, 0.2) is 22.8 Å². The van der Waals surface area contributed by atoms with E-state index in [1.165, 1.54) is 19.3 Å². The summed E-state index contributed by atoms with van der Waals surface area (Å²) < 4.78 is 4.48. The Morgan fingerprint density at radius 3 is 3.00 bits per heavy atom. The van der Waals surface area contributed by atoms with Crippen LogP contribution >= 0.6 is 11.6 Å². The summed E-state index contributed by atoms with van der Waals surface area (Å²) in [7, 11) is 1.29. The third-order valence-electron chi connectivity index (χ3n) is 1.57. The van der Waals surface area contributed by atoms with E-state index < -0.39 is 12.1 Å². The molecule has 0 aromatic heterocycles. The zero-order valence-electron chi connectivity index (χ0n) is 6.58. The monoisotopic (exact) mass is 188 g/mol. The SMILES string of the molecule is COC(=O)C1=C(Cl)CC(O)C=C1. The van der Waals surface area contributed by atoms with E-state index in [4.69, 9.17) is 16.7 Å². The van der Waals surface area contributed by atoms with Gasteiger partial charge in [-0.25, -0.2) is 4.79 Å². The summed E-state index contributed by atoms with van der Waals surface area (Å²) in [5.41, 5.74) is 0.324. The summed E-state index contributed by atoms with van der Waals surface area (Å²) in [5, 5.41) is 9.44. The highest BCUT2D eigenvalue weighted by molar-refractivity contribution is 6.32. The lowest BCUT2D eigenvalue weighted by Crippen LogP contribution is -2.13. The topological polar surface area (TPSA) is 46.5 Å². The second kappa shape index (κ2) is 3.74. The van der Waals surface area contributed by atoms with Gasteiger partial charge < -0.3 is 9.84 Å². The van der Waals surface area contributed by atoms with Gasteiger partial charge in [-0.05, 0) is 6.08 Å². The summed E-state index contributed by atoms with van der Waals surface area (Å²) in [4.78, 5) is 11.0. The zero-order valence-corrected chi connectivity index (χ0v) is 7.34. The quantitative estimate of drug-likeness (QED) is 0.624. The van der Waals surface area contributed by atoms with Crippen LogP contribution < -0.4 is 0 Å². The molecule has 0 bridgehead atoms. The van der Waals surface area contributed by atoms with Gasteiger partial charge in [0.15, 0.2) is 0 Å². The van der Waals surface area contributed by atoms with Crippen LogP contribution in [0.25, 0.3) is 0 Å². The molecule has 12 heavy (non-hydrogen) atoms. The third-order valence-corrected chi connectivity index (χ3v) is 1.93. The van der Waals surface area contributed by atoms with Crippen molar-refractivity contribution in [2.45, 2.75) is 12.5 Å². The Kier molecular flexibility index (Phi) is 2.89. The second-order valence-electron chi connectivity index (χ2n) is 2.44. The van der Waals surface area contributed by atoms with E-state index in [1.54, 1.807) is 0 Å². The molecule has 0 heterocycles. The number of ether oxygens (including phenoxy) is 1. The summed E-state index contributed by atoms with van der Waals surface area (Å²) in [6.07, 6.45) is 2.68. The molecule has 0 amide bonds. The van der Waals surface area contributed by atoms with E-state index in [-0.39, 0.29) is 6.42 Å². The maximum atomic E-state index is 11.0. The first kappa shape index (κ1) is 9.29. The van der Waals surface area contributed by atoms with Crippen molar-refractivity contribution < 1.29 is 14.6 Å². The van der Waals surface area contributed by atoms with Gasteiger partial charge in [0.1, 0.15) is 0 Å². The second-order valence-corrected chi connectivity index (χ2v) is 2.90. The fourth-order valence-corrected chi connectivity index (χ4v) is 1.25. The van der Waals surface area contributed by atoms with E-state index in [2.05, 4.69) is 4.74 Å². The highest BCUT2D eigenvalue weighted by Crippen LogP contribution is 2.23. The van der Waals surface area contributed by atoms with Crippen LogP contribution in [-0.4, -0.2) is 24.3 Å². The zero-order chi connectivity index (χ0) is 9.14. The van der Waals surface area contributed by atoms with Crippen molar-refractivity contribution >= 4 is 17.6 Å². The van der Waals surface area contributed by atoms with Gasteiger partial charge in [0.25, 0.3) is 0 Å². The van der Waals surface area contributed by atoms with E-state index in [1.807, 2.05) is 0 Å². The van der Waals surface area contributed by atoms with E-state index in [0.29, 0.717) is 10.6 Å². The van der Waals surface area contributed by atoms with E-state index in [9.17, 15) is 4.79 Å². The molecule has 3 nitrogen and oxygen atoms in total. The summed E-state index contributed by atoms with van der Waals surface area (Å²) >= 11 is 5.72. The molecule has 1 N–H and O–H groups in total. The highest BCUT2D eigenvalue weighted by atomic mass is 35.5. The average molecular weight is 189 g/mol. The van der Waals surface area contributed by atoms with Crippen molar-refractivity contribution in [3.63, 3.8) is 0 Å². The molecular weight excluding hydrogens is 180 g/mol. The molecule has 0 aliphatic heterocycles. The first-order chi connectivity index (χ1) is 5.65. The van der Waals surface area contributed by atoms with Crippen LogP contribution in [0.1, 0.15) is 6.42 Å². The van der Waals surface area contributed by atoms with Gasteiger partial charge in [0, 0.05) is 11.5 Å². The fourth-order valence-electron chi connectivity index (χ4n) is 0.948. The Balaban J connectivity index is 2.84. The molecule has 4 heteroatoms. The Bertz CT molecular complexity index is 255. The molecule has 0 saturated carbocycles. The number of carbonyl (C=O) groups is 1. The van der Waals surface area contributed by atoms with Crippen LogP contribution in [0.3, 0.4) is 0 Å². The van der Waals surface area contributed by atoms with Crippen molar-refractivity contribution in [1.29, 1.82) is 0 Å². The molecule has 0 spiro atoms. The highest BCUT2D eigenvalue weighted by Gasteiger charge is 2.18. The molecule has 1 aliphatic carbocycles. The van der Waals surface area contributed by atoms with Crippen LogP contribution in [0.4, 0.5) is 0 Å². The lowest BCUT2D eigenvalue weighted by molar-refractivity contribution is -0.135. The number of hydrogen-bond acceptors (Lipinski definition) is 3. The molecule has 1 unspecified atom stereocenters. The standard InChI is InChI=1S/C8H9ClO3/c1-12-8(11)6-3-2-5(10)4-7(6)9/h2-3,5,10H,4H2,1H3. The molecule has 1 rings (SSSR count). The van der Waals surface area contributed by atoms with Crippen LogP contribution in [-0.2, 0) is 9.53 Å². The molecule has 0 aromatic carbocycles. The van der Waals surface area contributed by atoms with Crippen molar-refractivity contribution in [1.82, 2.24) is 0 Å². The van der Waals surface area contributed by atoms with Gasteiger partial charge in [-0.15, -0.1) is 0 Å². The van der Waals surface area contributed by atoms with Crippen molar-refractivity contribution in [3.8, 4) is 0 Å². The lowest BCUT2D eigenvalue weighted by atomic mass is 10.1. The molecule has 0 saturated heterocycles. The summed E-state index contributed by atoms with van der Waals surface area (Å²) in [6.45, 7) is 0. The lowest BCUT2D eigenvalue weighted by Gasteiger charge is -2.12. The van der Waals surface area contributed by atoms with E-state index >= 15 is 0 Å². The number of halogens is 1. The maximum Gasteiger partial charge on any atom is 0.339 e. The minimum Gasteiger partial charge on any atom is -0.465 e. The smallest absolute Gasteiger partial charge is 0.339 e. The Morgan fingerprint density at radius 2 is 2.50 bits per heavy atom. The molecule has 1 aliphatic rings. The third kappa shape index (κ3) is 1.87. The maximum absolute atomic E-state index is 11.0. The molecule has 66 valence electrons. The van der Waals surface area contributed by atoms with Gasteiger partial charge in [0.05, 0.1) is 18.8 Å². The summed E-state index contributed by atoms with van der Waals surface area (Å²) in [6, 6.07) is 0. The number of aliphatic hydroxyl groups excluding tert-OH is 1. The first-order valence-electron chi connectivity index (χ1n) is 3.48. The number of hydrogen-bond donors (Lipinski definition) is 1. The van der Waals surface area contributed by atoms with Crippen molar-refractivity contribution in [3.05, 3.63) is 22.8 Å².